The highest BCUT2D eigenvalue weighted by atomic mass is 19.4. The Morgan fingerprint density at radius 3 is 2.46 bits per heavy atom. The number of benzene rings is 2. The standard InChI is InChI=1S/C34H35F4N5O7/c1-6-43-16-24(30(40-43)34(36,37)38)22-12-20(15-42-10-9-41(5)31(42)39-32(47)50-33(2,3)4)13-23-28(46)21(17-49-29(22)23)11-19-7-8-25(35)26(14-19)48-18-27(44)45/h7-10,12-14,16,21H,6,11,15,17-18H2,1-5H3,(H,44,45)/t21-/m0/s1. The second kappa shape index (κ2) is 13.8. The fourth-order valence-electron chi connectivity index (χ4n) is 5.49. The number of carbonyl (C=O) groups excluding carboxylic acids is 2. The Labute approximate surface area is 283 Å². The smallest absolute Gasteiger partial charge is 0.437 e. The van der Waals surface area contributed by atoms with E-state index in [2.05, 4.69) is 10.1 Å². The number of aliphatic carboxylic acids is 1. The zero-order chi connectivity index (χ0) is 36.5. The second-order valence-electron chi connectivity index (χ2n) is 12.7. The molecule has 2 aromatic carbocycles. The average molecular weight is 702 g/mol. The molecule has 0 fully saturated rings. The monoisotopic (exact) mass is 701 g/mol. The molecular weight excluding hydrogens is 666 g/mol. The van der Waals surface area contributed by atoms with Gasteiger partial charge in [-0.2, -0.15) is 18.3 Å². The van der Waals surface area contributed by atoms with Crippen LogP contribution in [0.3, 0.4) is 0 Å². The van der Waals surface area contributed by atoms with E-state index in [4.69, 9.17) is 19.3 Å². The summed E-state index contributed by atoms with van der Waals surface area (Å²) in [5.74, 6) is -3.70. The zero-order valence-electron chi connectivity index (χ0n) is 27.9. The number of Topliss-reactive ketones (excluding diaryl/α,β-unsaturated/α-hetero) is 1. The highest BCUT2D eigenvalue weighted by molar-refractivity contribution is 6.04. The number of alkyl halides is 3. The van der Waals surface area contributed by atoms with E-state index in [1.165, 1.54) is 30.5 Å². The molecule has 2 aromatic heterocycles. The van der Waals surface area contributed by atoms with Crippen LogP contribution >= 0.6 is 0 Å². The minimum Gasteiger partial charge on any atom is -0.491 e. The van der Waals surface area contributed by atoms with Gasteiger partial charge in [0.05, 0.1) is 24.6 Å². The molecule has 0 bridgehead atoms. The van der Waals surface area contributed by atoms with Gasteiger partial charge in [-0.25, -0.2) is 14.0 Å². The van der Waals surface area contributed by atoms with Crippen molar-refractivity contribution in [1.82, 2.24) is 18.9 Å². The molecule has 1 N–H and O–H groups in total. The minimum atomic E-state index is -4.82. The number of ether oxygens (including phenoxy) is 3. The average Bonchev–Trinajstić information content (AvgIpc) is 3.61. The number of fused-ring (bicyclic) bond motifs is 1. The van der Waals surface area contributed by atoms with Gasteiger partial charge in [0.25, 0.3) is 0 Å². The number of carbonyl (C=O) groups is 3. The van der Waals surface area contributed by atoms with Gasteiger partial charge in [0, 0.05) is 43.3 Å². The molecule has 0 unspecified atom stereocenters. The van der Waals surface area contributed by atoms with Crippen LogP contribution in [-0.2, 0) is 42.3 Å². The van der Waals surface area contributed by atoms with Crippen molar-refractivity contribution in [2.45, 2.75) is 59.0 Å². The van der Waals surface area contributed by atoms with Crippen LogP contribution in [0.25, 0.3) is 11.1 Å². The van der Waals surface area contributed by atoms with E-state index in [1.807, 2.05) is 0 Å². The van der Waals surface area contributed by atoms with Crippen LogP contribution in [0.1, 0.15) is 54.9 Å². The predicted octanol–water partition coefficient (Wildman–Crippen LogP) is 5.65. The molecular formula is C34H35F4N5O7. The first-order valence-corrected chi connectivity index (χ1v) is 15.5. The Morgan fingerprint density at radius 1 is 1.08 bits per heavy atom. The topological polar surface area (TPSA) is 139 Å². The van der Waals surface area contributed by atoms with Gasteiger partial charge < -0.3 is 28.5 Å². The molecule has 0 radical (unpaired) electrons. The molecule has 0 aliphatic carbocycles. The van der Waals surface area contributed by atoms with Crippen molar-refractivity contribution >= 4 is 17.8 Å². The number of hydrogen-bond acceptors (Lipinski definition) is 7. The number of aryl methyl sites for hydroxylation is 2. The number of hydrogen-bond donors (Lipinski definition) is 1. The van der Waals surface area contributed by atoms with Crippen LogP contribution in [0.4, 0.5) is 22.4 Å². The van der Waals surface area contributed by atoms with Gasteiger partial charge in [-0.05, 0) is 69.5 Å². The van der Waals surface area contributed by atoms with Gasteiger partial charge in [0.2, 0.25) is 5.62 Å². The maximum absolute atomic E-state index is 14.3. The normalized spacial score (nSPS) is 15.1. The van der Waals surface area contributed by atoms with E-state index >= 15 is 0 Å². The van der Waals surface area contributed by atoms with Crippen LogP contribution in [0.15, 0.2) is 53.9 Å². The summed E-state index contributed by atoms with van der Waals surface area (Å²) in [6.45, 7) is 5.89. The summed E-state index contributed by atoms with van der Waals surface area (Å²) in [5.41, 5.74) is -1.17. The summed E-state index contributed by atoms with van der Waals surface area (Å²) in [6, 6.07) is 6.81. The summed E-state index contributed by atoms with van der Waals surface area (Å²) in [6.07, 6.45) is -1.12. The first-order valence-electron chi connectivity index (χ1n) is 15.5. The molecule has 0 saturated carbocycles. The number of nitrogens with zero attached hydrogens (tertiary/aromatic N) is 5. The highest BCUT2D eigenvalue weighted by Crippen LogP contribution is 2.44. The largest absolute Gasteiger partial charge is 0.491 e. The van der Waals surface area contributed by atoms with E-state index in [0.717, 1.165) is 10.7 Å². The first-order chi connectivity index (χ1) is 23.4. The van der Waals surface area contributed by atoms with Crippen molar-refractivity contribution in [1.29, 1.82) is 0 Å². The van der Waals surface area contributed by atoms with Crippen molar-refractivity contribution < 1.29 is 51.3 Å². The number of halogens is 4. The van der Waals surface area contributed by atoms with Crippen molar-refractivity contribution in [2.24, 2.45) is 18.0 Å². The predicted molar refractivity (Wildman–Crippen MR) is 169 cm³/mol. The molecule has 12 nitrogen and oxygen atoms in total. The lowest BCUT2D eigenvalue weighted by Gasteiger charge is -2.27. The van der Waals surface area contributed by atoms with E-state index < -0.39 is 53.7 Å². The Kier molecular flexibility index (Phi) is 9.93. The van der Waals surface area contributed by atoms with Crippen molar-refractivity contribution in [2.75, 3.05) is 13.2 Å². The third-order valence-corrected chi connectivity index (χ3v) is 7.67. The lowest BCUT2D eigenvalue weighted by Crippen LogP contribution is -2.31. The Bertz CT molecular complexity index is 2020. The minimum absolute atomic E-state index is 0.00428. The fraction of sp³-hybridized carbons (Fsp3) is 0.382. The number of amides is 1. The third kappa shape index (κ3) is 8.06. The number of carboxylic acid groups (broad SMARTS) is 1. The first kappa shape index (κ1) is 35.9. The lowest BCUT2D eigenvalue weighted by molar-refractivity contribution is -0.141. The maximum Gasteiger partial charge on any atom is 0.437 e. The molecule has 1 amide bonds. The Hall–Kier alpha value is -5.41. The van der Waals surface area contributed by atoms with Crippen LogP contribution < -0.4 is 15.1 Å². The molecule has 4 aromatic rings. The van der Waals surface area contributed by atoms with E-state index in [9.17, 15) is 31.9 Å². The summed E-state index contributed by atoms with van der Waals surface area (Å²) in [7, 11) is 1.66. The number of aromatic nitrogens is 4. The van der Waals surface area contributed by atoms with Gasteiger partial charge in [-0.3, -0.25) is 9.48 Å². The van der Waals surface area contributed by atoms with Crippen LogP contribution in [0.2, 0.25) is 0 Å². The number of imidazole rings is 1. The number of rotatable bonds is 9. The number of carboxylic acids is 1. The molecule has 1 aliphatic rings. The molecule has 1 atom stereocenters. The Balaban J connectivity index is 1.59. The summed E-state index contributed by atoms with van der Waals surface area (Å²) in [4.78, 5) is 41.6. The molecule has 0 spiro atoms. The molecule has 5 rings (SSSR count). The molecule has 50 heavy (non-hydrogen) atoms. The van der Waals surface area contributed by atoms with Gasteiger partial charge in [-0.1, -0.05) is 6.07 Å². The van der Waals surface area contributed by atoms with E-state index in [-0.39, 0.29) is 59.9 Å². The summed E-state index contributed by atoms with van der Waals surface area (Å²) >= 11 is 0. The van der Waals surface area contributed by atoms with Gasteiger partial charge in [0.1, 0.15) is 11.4 Å². The van der Waals surface area contributed by atoms with E-state index in [0.29, 0.717) is 11.1 Å². The molecule has 1 aliphatic heterocycles. The highest BCUT2D eigenvalue weighted by Gasteiger charge is 2.40. The van der Waals surface area contributed by atoms with Crippen molar-refractivity contribution in [3.05, 3.63) is 82.7 Å². The fourth-order valence-corrected chi connectivity index (χ4v) is 5.49. The lowest BCUT2D eigenvalue weighted by atomic mass is 9.86. The van der Waals surface area contributed by atoms with Crippen LogP contribution in [-0.4, -0.2) is 60.7 Å². The van der Waals surface area contributed by atoms with Gasteiger partial charge in [-0.15, -0.1) is 4.99 Å². The molecule has 3 heterocycles. The second-order valence-corrected chi connectivity index (χ2v) is 12.7. The van der Waals surface area contributed by atoms with Crippen molar-refractivity contribution in [3.63, 3.8) is 0 Å². The third-order valence-electron chi connectivity index (χ3n) is 7.67. The number of ketones is 1. The van der Waals surface area contributed by atoms with Crippen LogP contribution in [0.5, 0.6) is 11.5 Å². The zero-order valence-corrected chi connectivity index (χ0v) is 27.9. The summed E-state index contributed by atoms with van der Waals surface area (Å²) < 4.78 is 77.8. The van der Waals surface area contributed by atoms with Gasteiger partial charge >= 0.3 is 18.2 Å². The Morgan fingerprint density at radius 2 is 1.80 bits per heavy atom. The maximum atomic E-state index is 14.3. The van der Waals surface area contributed by atoms with Gasteiger partial charge in [0.15, 0.2) is 29.7 Å². The summed E-state index contributed by atoms with van der Waals surface area (Å²) in [5, 5.41) is 12.7. The quantitative estimate of drug-likeness (QED) is 0.221. The molecule has 266 valence electrons. The molecule has 16 heteroatoms. The SMILES string of the molecule is CCn1cc(-c2cc(Cn3ccn(C)c3=NC(=O)OC(C)(C)C)cc3c2OC[C@H](Cc2ccc(F)c(OCC(=O)O)c2)C3=O)c(C(F)(F)F)n1. The van der Waals surface area contributed by atoms with Crippen LogP contribution in [0, 0.1) is 11.7 Å². The van der Waals surface area contributed by atoms with E-state index in [1.54, 1.807) is 56.3 Å². The van der Waals surface area contributed by atoms with Crippen molar-refractivity contribution in [3.8, 4) is 22.6 Å². The molecule has 0 saturated heterocycles.